The van der Waals surface area contributed by atoms with E-state index in [-0.39, 0.29) is 0 Å². The lowest BCUT2D eigenvalue weighted by Gasteiger charge is -1.97. The van der Waals surface area contributed by atoms with Crippen LogP contribution in [-0.4, -0.2) is 19.1 Å². The number of aromatic nitrogens is 1. The first-order valence-corrected chi connectivity index (χ1v) is 4.85. The van der Waals surface area contributed by atoms with Gasteiger partial charge >= 0.3 is 0 Å². The number of hydrogen-bond acceptors (Lipinski definition) is 4. The van der Waals surface area contributed by atoms with E-state index in [0.717, 1.165) is 17.6 Å². The average Bonchev–Trinajstić information content (AvgIpc) is 2.60. The van der Waals surface area contributed by atoms with Crippen LogP contribution in [0, 0.1) is 0 Å². The minimum Gasteiger partial charge on any atom is -0.438 e. The number of fused-ring (bicyclic) bond motifs is 1. The van der Waals surface area contributed by atoms with Gasteiger partial charge in [-0.3, -0.25) is 0 Å². The second-order valence-electron chi connectivity index (χ2n) is 3.37. The monoisotopic (exact) mass is 206 g/mol. The van der Waals surface area contributed by atoms with Crippen LogP contribution < -0.4 is 5.32 Å². The van der Waals surface area contributed by atoms with Crippen LogP contribution in [0.5, 0.6) is 0 Å². The summed E-state index contributed by atoms with van der Waals surface area (Å²) in [5, 5.41) is 3.10. The van der Waals surface area contributed by atoms with E-state index in [1.807, 2.05) is 25.2 Å². The number of ether oxygens (including phenoxy) is 1. The molecule has 0 fully saturated rings. The van der Waals surface area contributed by atoms with Crippen LogP contribution >= 0.6 is 0 Å². The van der Waals surface area contributed by atoms with Crippen molar-refractivity contribution in [1.29, 1.82) is 0 Å². The SMILES string of the molecule is CNCc1ccc2oc(COC)nc2c1. The highest BCUT2D eigenvalue weighted by Crippen LogP contribution is 2.17. The molecule has 1 aromatic heterocycles. The summed E-state index contributed by atoms with van der Waals surface area (Å²) < 4.78 is 10.5. The molecule has 0 atom stereocenters. The Morgan fingerprint density at radius 3 is 3.07 bits per heavy atom. The highest BCUT2D eigenvalue weighted by atomic mass is 16.5. The second kappa shape index (κ2) is 4.42. The quantitative estimate of drug-likeness (QED) is 0.827. The van der Waals surface area contributed by atoms with Crippen LogP contribution in [0.4, 0.5) is 0 Å². The number of nitrogens with one attached hydrogen (secondary N) is 1. The average molecular weight is 206 g/mol. The fourth-order valence-electron chi connectivity index (χ4n) is 1.52. The van der Waals surface area contributed by atoms with Gasteiger partial charge in [0.05, 0.1) is 0 Å². The fraction of sp³-hybridized carbons (Fsp3) is 0.364. The van der Waals surface area contributed by atoms with Crippen LogP contribution in [-0.2, 0) is 17.9 Å². The van der Waals surface area contributed by atoms with Crippen molar-refractivity contribution in [3.05, 3.63) is 29.7 Å². The number of nitrogens with zero attached hydrogens (tertiary/aromatic N) is 1. The second-order valence-corrected chi connectivity index (χ2v) is 3.37. The van der Waals surface area contributed by atoms with Gasteiger partial charge in [0.15, 0.2) is 5.58 Å². The van der Waals surface area contributed by atoms with E-state index in [1.165, 1.54) is 5.56 Å². The Bertz CT molecular complexity index is 447. The standard InChI is InChI=1S/C11H14N2O2/c1-12-6-8-3-4-10-9(5-8)13-11(15-10)7-14-2/h3-5,12H,6-7H2,1-2H3. The molecule has 0 saturated heterocycles. The lowest BCUT2D eigenvalue weighted by Crippen LogP contribution is -2.04. The molecule has 1 heterocycles. The Balaban J connectivity index is 2.34. The van der Waals surface area contributed by atoms with Crippen molar-refractivity contribution in [2.45, 2.75) is 13.2 Å². The van der Waals surface area contributed by atoms with Crippen LogP contribution in [0.3, 0.4) is 0 Å². The minimum atomic E-state index is 0.413. The van der Waals surface area contributed by atoms with Gasteiger partial charge in [-0.25, -0.2) is 4.98 Å². The summed E-state index contributed by atoms with van der Waals surface area (Å²) in [5.74, 6) is 0.620. The Morgan fingerprint density at radius 2 is 2.33 bits per heavy atom. The van der Waals surface area contributed by atoms with E-state index < -0.39 is 0 Å². The molecule has 0 aliphatic heterocycles. The van der Waals surface area contributed by atoms with Crippen molar-refractivity contribution in [1.82, 2.24) is 10.3 Å². The molecule has 0 radical (unpaired) electrons. The zero-order valence-corrected chi connectivity index (χ0v) is 8.91. The van der Waals surface area contributed by atoms with Crippen LogP contribution in [0.2, 0.25) is 0 Å². The first-order chi connectivity index (χ1) is 7.33. The molecular weight excluding hydrogens is 192 g/mol. The summed E-state index contributed by atoms with van der Waals surface area (Å²) in [7, 11) is 3.55. The van der Waals surface area contributed by atoms with E-state index in [0.29, 0.717) is 12.5 Å². The molecule has 1 aromatic carbocycles. The topological polar surface area (TPSA) is 47.3 Å². The molecule has 0 bridgehead atoms. The molecule has 2 rings (SSSR count). The third-order valence-electron chi connectivity index (χ3n) is 2.14. The molecular formula is C11H14N2O2. The molecule has 0 spiro atoms. The lowest BCUT2D eigenvalue weighted by molar-refractivity contribution is 0.161. The molecule has 0 saturated carbocycles. The smallest absolute Gasteiger partial charge is 0.221 e. The first-order valence-electron chi connectivity index (χ1n) is 4.85. The predicted molar refractivity (Wildman–Crippen MR) is 57.5 cm³/mol. The van der Waals surface area contributed by atoms with Crippen molar-refractivity contribution in [2.24, 2.45) is 0 Å². The third-order valence-corrected chi connectivity index (χ3v) is 2.14. The van der Waals surface area contributed by atoms with E-state index >= 15 is 0 Å². The van der Waals surface area contributed by atoms with E-state index in [4.69, 9.17) is 9.15 Å². The summed E-state index contributed by atoms with van der Waals surface area (Å²) in [6.45, 7) is 1.25. The number of oxazole rings is 1. The van der Waals surface area contributed by atoms with Crippen LogP contribution in [0.25, 0.3) is 11.1 Å². The Labute approximate surface area is 88.3 Å². The molecule has 80 valence electrons. The molecule has 0 unspecified atom stereocenters. The maximum absolute atomic E-state index is 5.49. The predicted octanol–water partition coefficient (Wildman–Crippen LogP) is 1.69. The minimum absolute atomic E-state index is 0.413. The van der Waals surface area contributed by atoms with Crippen LogP contribution in [0.15, 0.2) is 22.6 Å². The Kier molecular flexibility index (Phi) is 2.99. The zero-order chi connectivity index (χ0) is 10.7. The Morgan fingerprint density at radius 1 is 1.47 bits per heavy atom. The molecule has 4 nitrogen and oxygen atoms in total. The van der Waals surface area contributed by atoms with Crippen molar-refractivity contribution in [3.63, 3.8) is 0 Å². The maximum Gasteiger partial charge on any atom is 0.221 e. The van der Waals surface area contributed by atoms with Gasteiger partial charge < -0.3 is 14.5 Å². The van der Waals surface area contributed by atoms with E-state index in [1.54, 1.807) is 7.11 Å². The Hall–Kier alpha value is -1.39. The van der Waals surface area contributed by atoms with E-state index in [2.05, 4.69) is 10.3 Å². The zero-order valence-electron chi connectivity index (χ0n) is 8.91. The van der Waals surface area contributed by atoms with Crippen molar-refractivity contribution in [2.75, 3.05) is 14.2 Å². The van der Waals surface area contributed by atoms with Crippen molar-refractivity contribution < 1.29 is 9.15 Å². The van der Waals surface area contributed by atoms with Crippen molar-refractivity contribution >= 4 is 11.1 Å². The summed E-state index contributed by atoms with van der Waals surface area (Å²) in [6.07, 6.45) is 0. The fourth-order valence-corrected chi connectivity index (χ4v) is 1.52. The van der Waals surface area contributed by atoms with Crippen LogP contribution in [0.1, 0.15) is 11.5 Å². The molecule has 0 aliphatic carbocycles. The number of hydrogen-bond donors (Lipinski definition) is 1. The van der Waals surface area contributed by atoms with Gasteiger partial charge in [-0.1, -0.05) is 6.07 Å². The highest BCUT2D eigenvalue weighted by molar-refractivity contribution is 5.73. The summed E-state index contributed by atoms with van der Waals surface area (Å²) in [6, 6.07) is 5.99. The summed E-state index contributed by atoms with van der Waals surface area (Å²) >= 11 is 0. The normalized spacial score (nSPS) is 11.1. The number of methoxy groups -OCH3 is 1. The summed E-state index contributed by atoms with van der Waals surface area (Å²) in [4.78, 5) is 4.33. The van der Waals surface area contributed by atoms with Gasteiger partial charge in [0.25, 0.3) is 0 Å². The van der Waals surface area contributed by atoms with Gasteiger partial charge in [-0.15, -0.1) is 0 Å². The molecule has 0 aliphatic rings. The number of rotatable bonds is 4. The maximum atomic E-state index is 5.49. The highest BCUT2D eigenvalue weighted by Gasteiger charge is 2.05. The third kappa shape index (κ3) is 2.16. The molecule has 2 aromatic rings. The van der Waals surface area contributed by atoms with Gasteiger partial charge in [-0.2, -0.15) is 0 Å². The lowest BCUT2D eigenvalue weighted by atomic mass is 10.2. The molecule has 4 heteroatoms. The molecule has 0 amide bonds. The molecule has 15 heavy (non-hydrogen) atoms. The number of benzene rings is 1. The van der Waals surface area contributed by atoms with Crippen molar-refractivity contribution in [3.8, 4) is 0 Å². The van der Waals surface area contributed by atoms with Gasteiger partial charge in [0.2, 0.25) is 5.89 Å². The largest absolute Gasteiger partial charge is 0.438 e. The molecule has 1 N–H and O–H groups in total. The van der Waals surface area contributed by atoms with Gasteiger partial charge in [0, 0.05) is 13.7 Å². The van der Waals surface area contributed by atoms with Gasteiger partial charge in [-0.05, 0) is 24.7 Å². The van der Waals surface area contributed by atoms with E-state index in [9.17, 15) is 0 Å². The first kappa shape index (κ1) is 10.1. The van der Waals surface area contributed by atoms with Gasteiger partial charge in [0.1, 0.15) is 12.1 Å². The summed E-state index contributed by atoms with van der Waals surface area (Å²) in [5.41, 5.74) is 2.89.